The number of likely N-dealkylation sites (tertiary alicyclic amines) is 1. The molecule has 8 N–H and O–H groups in total. The molecule has 1 saturated carbocycles. The molecule has 5 aliphatic rings. The van der Waals surface area contributed by atoms with E-state index in [9.17, 15) is 24.6 Å². The molecule has 0 aromatic carbocycles. The molecule has 12 heteroatoms. The smallest absolute Gasteiger partial charge is 0.334 e. The number of ether oxygens (including phenoxy) is 3. The SMILES string of the molecule is CC=C(C)C(=O)OC(C)(C)C1(CC2CC(N)[NH2+]CC2CC(=O)N2CC(C[NH2+]C)C2)CC2CC3CC(CC(CO)CCCO)C(=O)OC3CC2O1. The Balaban J connectivity index is 1.35. The number of allylic oxidation sites excluding steroid dienone is 1. The number of nitrogens with zero attached hydrogens (tertiary/aromatic N) is 1. The van der Waals surface area contributed by atoms with Crippen molar-refractivity contribution >= 4 is 17.8 Å². The van der Waals surface area contributed by atoms with Gasteiger partial charge < -0.3 is 40.0 Å². The molecule has 4 saturated heterocycles. The lowest BCUT2D eigenvalue weighted by molar-refractivity contribution is -0.706. The Morgan fingerprint density at radius 3 is 2.60 bits per heavy atom. The first kappa shape index (κ1) is 39.1. The van der Waals surface area contributed by atoms with E-state index in [0.29, 0.717) is 56.4 Å². The molecule has 1 amide bonds. The molecule has 4 heterocycles. The number of esters is 2. The summed E-state index contributed by atoms with van der Waals surface area (Å²) in [6.45, 7) is 11.0. The monoisotopic (exact) mass is 706 g/mol. The number of carbonyl (C=O) groups is 3. The Morgan fingerprint density at radius 2 is 1.92 bits per heavy atom. The Kier molecular flexibility index (Phi) is 13.1. The van der Waals surface area contributed by atoms with Crippen LogP contribution in [-0.4, -0.2) is 109 Å². The maximum Gasteiger partial charge on any atom is 0.334 e. The fraction of sp³-hybridized carbons (Fsp3) is 0.868. The molecule has 0 aromatic rings. The molecule has 284 valence electrons. The Bertz CT molecular complexity index is 1220. The van der Waals surface area contributed by atoms with Crippen LogP contribution in [0.25, 0.3) is 0 Å². The standard InChI is InChI=1S/C38H64N4O8/c1-6-23(2)35(46)50-37(3,4)38(16-28-13-33(39)41-19-30(28)14-34(45)42-20-25(21-42)18-40-5)17-29-12-26-11-27(10-24(22-44)8-7-9-43)36(47)48-31(26)15-32(29)49-38/h6,24-33,40-41,43-44H,7-22,39H2,1-5H3/p+2. The van der Waals surface area contributed by atoms with Crippen LogP contribution in [0.15, 0.2) is 11.6 Å². The van der Waals surface area contributed by atoms with Gasteiger partial charge in [-0.25, -0.2) is 4.79 Å². The molecule has 4 aliphatic heterocycles. The molecule has 10 atom stereocenters. The normalized spacial score (nSPS) is 35.5. The predicted molar refractivity (Wildman–Crippen MR) is 186 cm³/mol. The van der Waals surface area contributed by atoms with E-state index in [0.717, 1.165) is 45.4 Å². The average molecular weight is 707 g/mol. The fourth-order valence-electron chi connectivity index (χ4n) is 9.79. The lowest BCUT2D eigenvalue weighted by atomic mass is 9.66. The summed E-state index contributed by atoms with van der Waals surface area (Å²) in [4.78, 5) is 42.0. The van der Waals surface area contributed by atoms with Crippen molar-refractivity contribution in [2.24, 2.45) is 47.2 Å². The van der Waals surface area contributed by atoms with E-state index in [1.54, 1.807) is 13.0 Å². The Hall–Kier alpha value is -2.09. The van der Waals surface area contributed by atoms with E-state index in [-0.39, 0.29) is 84.9 Å². The third-order valence-corrected chi connectivity index (χ3v) is 13.0. The van der Waals surface area contributed by atoms with Gasteiger partial charge in [-0.05, 0) is 96.3 Å². The van der Waals surface area contributed by atoms with Gasteiger partial charge in [0.15, 0.2) is 0 Å². The summed E-state index contributed by atoms with van der Waals surface area (Å²) in [6.07, 6.45) is 7.90. The van der Waals surface area contributed by atoms with Gasteiger partial charge in [0.25, 0.3) is 0 Å². The molecule has 0 aromatic heterocycles. The summed E-state index contributed by atoms with van der Waals surface area (Å²) in [7, 11) is 2.07. The van der Waals surface area contributed by atoms with Crippen molar-refractivity contribution in [1.29, 1.82) is 0 Å². The average Bonchev–Trinajstić information content (AvgIpc) is 3.42. The summed E-state index contributed by atoms with van der Waals surface area (Å²) < 4.78 is 19.6. The molecular weight excluding hydrogens is 640 g/mol. The molecule has 1 aliphatic carbocycles. The lowest BCUT2D eigenvalue weighted by Crippen LogP contribution is -2.96. The van der Waals surface area contributed by atoms with Crippen LogP contribution in [0.5, 0.6) is 0 Å². The number of hydrogen-bond acceptors (Lipinski definition) is 9. The van der Waals surface area contributed by atoms with Gasteiger partial charge in [0.1, 0.15) is 23.5 Å². The molecule has 50 heavy (non-hydrogen) atoms. The van der Waals surface area contributed by atoms with Crippen LogP contribution < -0.4 is 16.4 Å². The van der Waals surface area contributed by atoms with E-state index < -0.39 is 11.2 Å². The van der Waals surface area contributed by atoms with Gasteiger partial charge in [-0.1, -0.05) is 6.08 Å². The van der Waals surface area contributed by atoms with Crippen LogP contribution in [0.3, 0.4) is 0 Å². The summed E-state index contributed by atoms with van der Waals surface area (Å²) in [5, 5.41) is 23.6. The van der Waals surface area contributed by atoms with Gasteiger partial charge in [-0.15, -0.1) is 0 Å². The number of amides is 1. The zero-order valence-corrected chi connectivity index (χ0v) is 31.2. The summed E-state index contributed by atoms with van der Waals surface area (Å²) >= 11 is 0. The van der Waals surface area contributed by atoms with Crippen LogP contribution in [0.1, 0.15) is 91.9 Å². The highest BCUT2D eigenvalue weighted by atomic mass is 16.6. The van der Waals surface area contributed by atoms with Crippen molar-refractivity contribution in [1.82, 2.24) is 4.90 Å². The Labute approximate surface area is 298 Å². The van der Waals surface area contributed by atoms with Crippen LogP contribution >= 0.6 is 0 Å². The number of nitrogens with two attached hydrogens (primary N) is 3. The van der Waals surface area contributed by atoms with Crippen LogP contribution in [-0.2, 0) is 28.6 Å². The second kappa shape index (κ2) is 16.7. The van der Waals surface area contributed by atoms with E-state index in [2.05, 4.69) is 17.7 Å². The number of quaternary nitrogens is 2. The van der Waals surface area contributed by atoms with Gasteiger partial charge in [0, 0.05) is 63.0 Å². The maximum absolute atomic E-state index is 13.5. The molecule has 0 radical (unpaired) electrons. The molecule has 0 spiro atoms. The van der Waals surface area contributed by atoms with Crippen molar-refractivity contribution in [2.45, 2.75) is 121 Å². The van der Waals surface area contributed by atoms with E-state index in [1.807, 2.05) is 25.7 Å². The number of aliphatic hydroxyl groups excluding tert-OH is 2. The van der Waals surface area contributed by atoms with E-state index in [4.69, 9.17) is 19.9 Å². The zero-order valence-electron chi connectivity index (χ0n) is 31.2. The van der Waals surface area contributed by atoms with Crippen molar-refractivity contribution in [2.75, 3.05) is 46.4 Å². The van der Waals surface area contributed by atoms with Crippen molar-refractivity contribution in [3.63, 3.8) is 0 Å². The largest absolute Gasteiger partial charge is 0.462 e. The van der Waals surface area contributed by atoms with E-state index in [1.165, 1.54) is 0 Å². The molecule has 12 nitrogen and oxygen atoms in total. The predicted octanol–water partition coefficient (Wildman–Crippen LogP) is 0.447. The van der Waals surface area contributed by atoms with Crippen molar-refractivity contribution in [3.05, 3.63) is 11.6 Å². The maximum atomic E-state index is 13.5. The minimum atomic E-state index is -0.974. The molecule has 0 bridgehead atoms. The zero-order chi connectivity index (χ0) is 36.2. The van der Waals surface area contributed by atoms with Crippen LogP contribution in [0.4, 0.5) is 0 Å². The van der Waals surface area contributed by atoms with Gasteiger partial charge in [0.05, 0.1) is 32.2 Å². The number of fused-ring (bicyclic) bond motifs is 2. The number of carbonyl (C=O) groups excluding carboxylic acids is 3. The van der Waals surface area contributed by atoms with Gasteiger partial charge in [-0.2, -0.15) is 0 Å². The first-order chi connectivity index (χ1) is 23.8. The topological polar surface area (TPSA) is 182 Å². The Morgan fingerprint density at radius 1 is 1.16 bits per heavy atom. The number of hydrogen-bond donors (Lipinski definition) is 5. The number of piperidine rings is 1. The number of rotatable bonds is 15. The molecule has 5 fully saturated rings. The summed E-state index contributed by atoms with van der Waals surface area (Å²) in [5.74, 6) is 0.531. The third kappa shape index (κ3) is 8.74. The highest BCUT2D eigenvalue weighted by Gasteiger charge is 2.61. The summed E-state index contributed by atoms with van der Waals surface area (Å²) in [6, 6.07) is 0. The third-order valence-electron chi connectivity index (χ3n) is 13.0. The van der Waals surface area contributed by atoms with Crippen LogP contribution in [0.2, 0.25) is 0 Å². The fourth-order valence-corrected chi connectivity index (χ4v) is 9.79. The minimum absolute atomic E-state index is 0.00917. The summed E-state index contributed by atoms with van der Waals surface area (Å²) in [5.41, 5.74) is 5.32. The lowest BCUT2D eigenvalue weighted by Gasteiger charge is -2.47. The van der Waals surface area contributed by atoms with Crippen molar-refractivity contribution in [3.8, 4) is 0 Å². The number of aliphatic hydroxyl groups is 2. The second-order valence-corrected chi connectivity index (χ2v) is 16.9. The first-order valence-corrected chi connectivity index (χ1v) is 19.4. The molecule has 10 unspecified atom stereocenters. The van der Waals surface area contributed by atoms with Crippen molar-refractivity contribution < 1.29 is 49.4 Å². The van der Waals surface area contributed by atoms with Gasteiger partial charge >= 0.3 is 11.9 Å². The molecule has 5 rings (SSSR count). The van der Waals surface area contributed by atoms with Gasteiger partial charge in [0.2, 0.25) is 5.91 Å². The quantitative estimate of drug-likeness (QED) is 0.119. The highest BCUT2D eigenvalue weighted by Crippen LogP contribution is 2.55. The van der Waals surface area contributed by atoms with E-state index >= 15 is 0 Å². The first-order valence-electron chi connectivity index (χ1n) is 19.4. The van der Waals surface area contributed by atoms with Gasteiger partial charge in [-0.3, -0.25) is 15.3 Å². The second-order valence-electron chi connectivity index (χ2n) is 16.9. The minimum Gasteiger partial charge on any atom is -0.462 e. The molecular formula is C38H66N4O8+2. The van der Waals surface area contributed by atoms with Crippen LogP contribution in [0, 0.1) is 41.4 Å². The highest BCUT2D eigenvalue weighted by molar-refractivity contribution is 5.88.